The van der Waals surface area contributed by atoms with Crippen molar-refractivity contribution in [3.05, 3.63) is 65.2 Å². The molecule has 0 unspecified atom stereocenters. The maximum absolute atomic E-state index is 13.0. The van der Waals surface area contributed by atoms with E-state index in [0.717, 1.165) is 24.3 Å². The zero-order chi connectivity index (χ0) is 26.6. The Hall–Kier alpha value is -3.56. The first kappa shape index (κ1) is 26.5. The second-order valence-corrected chi connectivity index (χ2v) is 9.49. The van der Waals surface area contributed by atoms with E-state index in [2.05, 4.69) is 10.6 Å². The van der Waals surface area contributed by atoms with Gasteiger partial charge in [0.05, 0.1) is 12.7 Å². The van der Waals surface area contributed by atoms with Crippen LogP contribution in [0.1, 0.15) is 64.8 Å². The summed E-state index contributed by atoms with van der Waals surface area (Å²) in [6.45, 7) is 0.377. The first-order valence-corrected chi connectivity index (χ1v) is 12.4. The van der Waals surface area contributed by atoms with Crippen LogP contribution in [0, 0.1) is 0 Å². The number of carbonyl (C=O) groups is 3. The lowest BCUT2D eigenvalue weighted by molar-refractivity contribution is -0.137. The van der Waals surface area contributed by atoms with Crippen LogP contribution in [0.4, 0.5) is 13.2 Å². The maximum atomic E-state index is 13.0. The number of rotatable bonds is 6. The van der Waals surface area contributed by atoms with Crippen LogP contribution in [0.2, 0.25) is 0 Å². The van der Waals surface area contributed by atoms with Crippen molar-refractivity contribution in [2.75, 3.05) is 13.7 Å². The van der Waals surface area contributed by atoms with Gasteiger partial charge in [-0.2, -0.15) is 13.2 Å². The van der Waals surface area contributed by atoms with Crippen LogP contribution in [0.3, 0.4) is 0 Å². The van der Waals surface area contributed by atoms with Crippen molar-refractivity contribution in [3.63, 3.8) is 0 Å². The summed E-state index contributed by atoms with van der Waals surface area (Å²) >= 11 is 0. The molecule has 10 heteroatoms. The number of alkyl halides is 3. The van der Waals surface area contributed by atoms with Crippen LogP contribution in [0.15, 0.2) is 48.5 Å². The Labute approximate surface area is 213 Å². The summed E-state index contributed by atoms with van der Waals surface area (Å²) in [5.41, 5.74) is -0.147. The molecule has 1 aliphatic heterocycles. The molecule has 0 aromatic heterocycles. The highest BCUT2D eigenvalue weighted by atomic mass is 19.4. The minimum Gasteiger partial charge on any atom is -0.497 e. The molecule has 3 amide bonds. The highest BCUT2D eigenvalue weighted by Gasteiger charge is 2.36. The molecule has 1 saturated carbocycles. The van der Waals surface area contributed by atoms with E-state index in [9.17, 15) is 27.6 Å². The molecule has 2 aromatic rings. The van der Waals surface area contributed by atoms with E-state index in [1.165, 1.54) is 4.90 Å². The number of nitrogens with zero attached hydrogens (tertiary/aromatic N) is 1. The molecular formula is C27H30F3N3O4. The lowest BCUT2D eigenvalue weighted by atomic mass is 9.90. The van der Waals surface area contributed by atoms with E-state index in [4.69, 9.17) is 4.74 Å². The summed E-state index contributed by atoms with van der Waals surface area (Å²) in [5, 5.41) is 6.08. The number of halogens is 3. The van der Waals surface area contributed by atoms with Crippen LogP contribution in [0.5, 0.6) is 5.75 Å². The highest BCUT2D eigenvalue weighted by molar-refractivity contribution is 5.98. The lowest BCUT2D eigenvalue weighted by Gasteiger charge is -2.31. The van der Waals surface area contributed by atoms with Gasteiger partial charge in [-0.25, -0.2) is 0 Å². The molecule has 0 bridgehead atoms. The standard InChI is InChI=1S/C27H30F3N3O4/c1-37-22-14-6-17(7-15-22)24(34)31-20-10-12-21(13-11-20)32-25(35)23-3-2-16-33(23)26(36)18-4-8-19(9-5-18)27(28,29)30/h4-9,14-15,20-21,23H,2-3,10-13,16H2,1H3,(H,31,34)(H,32,35)/t20?,21?,23-/m0/s1. The lowest BCUT2D eigenvalue weighted by Crippen LogP contribution is -2.50. The van der Waals surface area contributed by atoms with Crippen LogP contribution < -0.4 is 15.4 Å². The van der Waals surface area contributed by atoms with Gasteiger partial charge in [0, 0.05) is 29.8 Å². The van der Waals surface area contributed by atoms with Crippen molar-refractivity contribution in [1.29, 1.82) is 0 Å². The Morgan fingerprint density at radius 3 is 1.97 bits per heavy atom. The predicted molar refractivity (Wildman–Crippen MR) is 130 cm³/mol. The van der Waals surface area contributed by atoms with Crippen LogP contribution >= 0.6 is 0 Å². The maximum Gasteiger partial charge on any atom is 0.416 e. The minimum atomic E-state index is -4.48. The quantitative estimate of drug-likeness (QED) is 0.602. The fraction of sp³-hybridized carbons (Fsp3) is 0.444. The van der Waals surface area contributed by atoms with Gasteiger partial charge in [0.1, 0.15) is 11.8 Å². The average Bonchev–Trinajstić information content (AvgIpc) is 3.39. The second-order valence-electron chi connectivity index (χ2n) is 9.49. The van der Waals surface area contributed by atoms with E-state index in [1.54, 1.807) is 31.4 Å². The van der Waals surface area contributed by atoms with Gasteiger partial charge in [0.2, 0.25) is 5.91 Å². The smallest absolute Gasteiger partial charge is 0.416 e. The van der Waals surface area contributed by atoms with Crippen molar-refractivity contribution in [2.24, 2.45) is 0 Å². The molecule has 1 heterocycles. The zero-order valence-corrected chi connectivity index (χ0v) is 20.5. The van der Waals surface area contributed by atoms with Crippen LogP contribution in [0.25, 0.3) is 0 Å². The molecule has 2 N–H and O–H groups in total. The van der Waals surface area contributed by atoms with Crippen molar-refractivity contribution in [2.45, 2.75) is 62.8 Å². The minimum absolute atomic E-state index is 0.00646. The molecule has 0 radical (unpaired) electrons. The Bertz CT molecular complexity index is 1110. The van der Waals surface area contributed by atoms with Crippen molar-refractivity contribution in [3.8, 4) is 5.75 Å². The molecule has 2 fully saturated rings. The molecule has 7 nitrogen and oxygen atoms in total. The Morgan fingerprint density at radius 1 is 0.838 bits per heavy atom. The normalized spacial score (nSPS) is 21.8. The summed E-state index contributed by atoms with van der Waals surface area (Å²) < 4.78 is 43.6. The molecule has 37 heavy (non-hydrogen) atoms. The van der Waals surface area contributed by atoms with E-state index in [0.29, 0.717) is 56.4 Å². The van der Waals surface area contributed by atoms with Gasteiger partial charge in [-0.15, -0.1) is 0 Å². The number of hydrogen-bond acceptors (Lipinski definition) is 4. The van der Waals surface area contributed by atoms with Crippen LogP contribution in [-0.4, -0.2) is 54.4 Å². The van der Waals surface area contributed by atoms with E-state index in [-0.39, 0.29) is 29.5 Å². The third-order valence-corrected chi connectivity index (χ3v) is 7.04. The van der Waals surface area contributed by atoms with Crippen molar-refractivity contribution in [1.82, 2.24) is 15.5 Å². The topological polar surface area (TPSA) is 87.7 Å². The molecule has 1 atom stereocenters. The molecular weight excluding hydrogens is 487 g/mol. The molecule has 0 spiro atoms. The SMILES string of the molecule is COc1ccc(C(=O)NC2CCC(NC(=O)[C@@H]3CCCN3C(=O)c3ccc(C(F)(F)F)cc3)CC2)cc1. The van der Waals surface area contributed by atoms with Gasteiger partial charge in [-0.1, -0.05) is 0 Å². The van der Waals surface area contributed by atoms with Gasteiger partial charge in [-0.3, -0.25) is 14.4 Å². The van der Waals surface area contributed by atoms with Gasteiger partial charge in [0.15, 0.2) is 0 Å². The first-order chi connectivity index (χ1) is 17.7. The number of hydrogen-bond donors (Lipinski definition) is 2. The van der Waals surface area contributed by atoms with Crippen molar-refractivity contribution < 1.29 is 32.3 Å². The largest absolute Gasteiger partial charge is 0.497 e. The predicted octanol–water partition coefficient (Wildman–Crippen LogP) is 4.18. The molecule has 1 saturated heterocycles. The highest BCUT2D eigenvalue weighted by Crippen LogP contribution is 2.30. The zero-order valence-electron chi connectivity index (χ0n) is 20.5. The summed E-state index contributed by atoms with van der Waals surface area (Å²) in [6, 6.07) is 10.2. The van der Waals surface area contributed by atoms with Gasteiger partial charge < -0.3 is 20.3 Å². The van der Waals surface area contributed by atoms with Gasteiger partial charge >= 0.3 is 6.18 Å². The second kappa shape index (κ2) is 11.2. The number of amides is 3. The summed E-state index contributed by atoms with van der Waals surface area (Å²) in [4.78, 5) is 39.9. The van der Waals surface area contributed by atoms with Gasteiger partial charge in [0.25, 0.3) is 11.8 Å². The third-order valence-electron chi connectivity index (χ3n) is 7.04. The number of benzene rings is 2. The average molecular weight is 518 g/mol. The van der Waals surface area contributed by atoms with E-state index < -0.39 is 23.7 Å². The summed E-state index contributed by atoms with van der Waals surface area (Å²) in [5.74, 6) is -0.173. The Kier molecular flexibility index (Phi) is 8.04. The number of ether oxygens (including phenoxy) is 1. The Balaban J connectivity index is 1.27. The summed E-state index contributed by atoms with van der Waals surface area (Å²) in [7, 11) is 1.56. The van der Waals surface area contributed by atoms with Crippen LogP contribution in [-0.2, 0) is 11.0 Å². The third kappa shape index (κ3) is 6.42. The molecule has 198 valence electrons. The molecule has 2 aromatic carbocycles. The molecule has 4 rings (SSSR count). The number of methoxy groups -OCH3 is 1. The van der Waals surface area contributed by atoms with Gasteiger partial charge in [-0.05, 0) is 87.1 Å². The van der Waals surface area contributed by atoms with E-state index >= 15 is 0 Å². The number of nitrogens with one attached hydrogen (secondary N) is 2. The fourth-order valence-corrected chi connectivity index (χ4v) is 4.94. The van der Waals surface area contributed by atoms with Crippen molar-refractivity contribution >= 4 is 17.7 Å². The molecule has 2 aliphatic rings. The Morgan fingerprint density at radius 2 is 1.41 bits per heavy atom. The number of carbonyl (C=O) groups excluding carboxylic acids is 3. The first-order valence-electron chi connectivity index (χ1n) is 12.4. The summed E-state index contributed by atoms with van der Waals surface area (Å²) in [6.07, 6.45) is -0.510. The number of likely N-dealkylation sites (tertiary alicyclic amines) is 1. The monoisotopic (exact) mass is 517 g/mol. The fourth-order valence-electron chi connectivity index (χ4n) is 4.94. The molecule has 1 aliphatic carbocycles. The van der Waals surface area contributed by atoms with E-state index in [1.807, 2.05) is 0 Å².